The van der Waals surface area contributed by atoms with Crippen molar-refractivity contribution in [1.82, 2.24) is 4.90 Å². The van der Waals surface area contributed by atoms with E-state index in [0.717, 1.165) is 24.6 Å². The fourth-order valence-electron chi connectivity index (χ4n) is 4.42. The summed E-state index contributed by atoms with van der Waals surface area (Å²) in [5, 5.41) is 9.96. The lowest BCUT2D eigenvalue weighted by Gasteiger charge is -2.32. The van der Waals surface area contributed by atoms with Crippen LogP contribution in [-0.2, 0) is 0 Å². The Bertz CT molecular complexity index is 277. The molecule has 0 aromatic carbocycles. The van der Waals surface area contributed by atoms with Crippen molar-refractivity contribution in [2.24, 2.45) is 17.3 Å². The highest BCUT2D eigenvalue weighted by Crippen LogP contribution is 2.43. The molecule has 0 aromatic heterocycles. The van der Waals surface area contributed by atoms with Crippen LogP contribution in [0.15, 0.2) is 0 Å². The van der Waals surface area contributed by atoms with Gasteiger partial charge in [-0.15, -0.1) is 0 Å². The standard InChI is InChI=1S/C14H25NOS/c16-13-4-3-11-7-15(8-12(11)13)9-14(10-17)5-1-2-6-14/h11-13,16-17H,1-10H2. The number of hydrogen-bond acceptors (Lipinski definition) is 3. The van der Waals surface area contributed by atoms with Gasteiger partial charge in [0.05, 0.1) is 6.10 Å². The largest absolute Gasteiger partial charge is 0.393 e. The Labute approximate surface area is 110 Å². The van der Waals surface area contributed by atoms with Crippen LogP contribution >= 0.6 is 12.6 Å². The normalized spacial score (nSPS) is 40.9. The molecule has 3 atom stereocenters. The number of thiol groups is 1. The maximum atomic E-state index is 9.96. The highest BCUT2D eigenvalue weighted by molar-refractivity contribution is 7.80. The second-order valence-electron chi connectivity index (χ2n) is 6.63. The van der Waals surface area contributed by atoms with Crippen LogP contribution < -0.4 is 0 Å². The minimum atomic E-state index is -0.0134. The Morgan fingerprint density at radius 2 is 1.94 bits per heavy atom. The zero-order valence-electron chi connectivity index (χ0n) is 10.6. The molecule has 0 spiro atoms. The van der Waals surface area contributed by atoms with Gasteiger partial charge >= 0.3 is 0 Å². The van der Waals surface area contributed by atoms with Gasteiger partial charge in [-0.2, -0.15) is 12.6 Å². The number of likely N-dealkylation sites (tertiary alicyclic amines) is 1. The van der Waals surface area contributed by atoms with Crippen molar-refractivity contribution >= 4 is 12.6 Å². The molecule has 3 fully saturated rings. The van der Waals surface area contributed by atoms with Crippen molar-refractivity contribution in [2.75, 3.05) is 25.4 Å². The molecule has 1 aliphatic heterocycles. The molecule has 0 bridgehead atoms. The number of aliphatic hydroxyl groups excluding tert-OH is 1. The van der Waals surface area contributed by atoms with Crippen LogP contribution in [0.1, 0.15) is 38.5 Å². The predicted molar refractivity (Wildman–Crippen MR) is 73.4 cm³/mol. The molecule has 1 heterocycles. The molecule has 17 heavy (non-hydrogen) atoms. The highest BCUT2D eigenvalue weighted by Gasteiger charge is 2.44. The monoisotopic (exact) mass is 255 g/mol. The smallest absolute Gasteiger partial charge is 0.0583 e. The molecular weight excluding hydrogens is 230 g/mol. The number of aliphatic hydroxyl groups is 1. The Balaban J connectivity index is 1.60. The predicted octanol–water partition coefficient (Wildman–Crippen LogP) is 2.18. The first-order valence-electron chi connectivity index (χ1n) is 7.24. The molecule has 1 saturated heterocycles. The zero-order chi connectivity index (χ0) is 11.9. The van der Waals surface area contributed by atoms with E-state index in [2.05, 4.69) is 17.5 Å². The van der Waals surface area contributed by atoms with Gasteiger partial charge in [0.2, 0.25) is 0 Å². The van der Waals surface area contributed by atoms with Gasteiger partial charge in [-0.3, -0.25) is 0 Å². The van der Waals surface area contributed by atoms with Gasteiger partial charge in [0.25, 0.3) is 0 Å². The van der Waals surface area contributed by atoms with Gasteiger partial charge in [-0.25, -0.2) is 0 Å². The lowest BCUT2D eigenvalue weighted by atomic mass is 9.88. The Morgan fingerprint density at radius 1 is 1.18 bits per heavy atom. The Morgan fingerprint density at radius 3 is 2.59 bits per heavy atom. The van der Waals surface area contributed by atoms with E-state index in [1.54, 1.807) is 0 Å². The van der Waals surface area contributed by atoms with Crippen LogP contribution in [0.3, 0.4) is 0 Å². The third-order valence-corrected chi connectivity index (χ3v) is 6.12. The minimum Gasteiger partial charge on any atom is -0.393 e. The molecule has 0 amide bonds. The lowest BCUT2D eigenvalue weighted by Crippen LogP contribution is -2.37. The first kappa shape index (κ1) is 12.3. The summed E-state index contributed by atoms with van der Waals surface area (Å²) in [6.07, 6.45) is 7.79. The average Bonchev–Trinajstić information content (AvgIpc) is 2.99. The SMILES string of the molecule is OC1CCC2CN(CC3(CS)CCCC3)CC12. The summed E-state index contributed by atoms with van der Waals surface area (Å²) in [5.74, 6) is 2.40. The lowest BCUT2D eigenvalue weighted by molar-refractivity contribution is 0.116. The number of fused-ring (bicyclic) bond motifs is 1. The van der Waals surface area contributed by atoms with Crippen LogP contribution in [0.5, 0.6) is 0 Å². The number of nitrogens with zero attached hydrogens (tertiary/aromatic N) is 1. The quantitative estimate of drug-likeness (QED) is 0.755. The number of rotatable bonds is 3. The van der Waals surface area contributed by atoms with Crippen molar-refractivity contribution in [2.45, 2.75) is 44.6 Å². The van der Waals surface area contributed by atoms with Gasteiger partial charge in [-0.1, -0.05) is 12.8 Å². The van der Waals surface area contributed by atoms with E-state index in [4.69, 9.17) is 0 Å². The molecule has 2 aliphatic carbocycles. The average molecular weight is 255 g/mol. The molecule has 3 unspecified atom stereocenters. The summed E-state index contributed by atoms with van der Waals surface area (Å²) in [6.45, 7) is 3.61. The third kappa shape index (κ3) is 2.26. The van der Waals surface area contributed by atoms with E-state index in [0.29, 0.717) is 11.3 Å². The van der Waals surface area contributed by atoms with Crippen LogP contribution in [-0.4, -0.2) is 41.5 Å². The third-order valence-electron chi connectivity index (χ3n) is 5.45. The first-order valence-corrected chi connectivity index (χ1v) is 7.87. The van der Waals surface area contributed by atoms with Crippen molar-refractivity contribution in [3.05, 3.63) is 0 Å². The summed E-state index contributed by atoms with van der Waals surface area (Å²) in [7, 11) is 0. The molecule has 0 radical (unpaired) electrons. The van der Waals surface area contributed by atoms with E-state index >= 15 is 0 Å². The van der Waals surface area contributed by atoms with Crippen molar-refractivity contribution < 1.29 is 5.11 Å². The summed E-state index contributed by atoms with van der Waals surface area (Å²) in [4.78, 5) is 2.62. The molecule has 3 rings (SSSR count). The fourth-order valence-corrected chi connectivity index (χ4v) is 4.84. The van der Waals surface area contributed by atoms with Gasteiger partial charge in [0.15, 0.2) is 0 Å². The van der Waals surface area contributed by atoms with Crippen LogP contribution in [0.25, 0.3) is 0 Å². The Hall–Kier alpha value is 0.270. The first-order chi connectivity index (χ1) is 8.22. The zero-order valence-corrected chi connectivity index (χ0v) is 11.5. The highest BCUT2D eigenvalue weighted by atomic mass is 32.1. The maximum Gasteiger partial charge on any atom is 0.0583 e. The van der Waals surface area contributed by atoms with E-state index in [-0.39, 0.29) is 6.10 Å². The van der Waals surface area contributed by atoms with E-state index in [9.17, 15) is 5.11 Å². The number of hydrogen-bond donors (Lipinski definition) is 2. The minimum absolute atomic E-state index is 0.0134. The molecule has 2 saturated carbocycles. The van der Waals surface area contributed by atoms with Crippen LogP contribution in [0, 0.1) is 17.3 Å². The molecule has 2 nitrogen and oxygen atoms in total. The second-order valence-corrected chi connectivity index (χ2v) is 6.94. The fraction of sp³-hybridized carbons (Fsp3) is 1.00. The summed E-state index contributed by atoms with van der Waals surface area (Å²) in [6, 6.07) is 0. The van der Waals surface area contributed by atoms with Gasteiger partial charge < -0.3 is 10.0 Å². The van der Waals surface area contributed by atoms with Crippen molar-refractivity contribution in [1.29, 1.82) is 0 Å². The van der Waals surface area contributed by atoms with Gasteiger partial charge in [0, 0.05) is 25.6 Å². The molecule has 3 heteroatoms. The molecule has 3 aliphatic rings. The maximum absolute atomic E-state index is 9.96. The topological polar surface area (TPSA) is 23.5 Å². The second kappa shape index (κ2) is 4.75. The van der Waals surface area contributed by atoms with Crippen LogP contribution in [0.4, 0.5) is 0 Å². The van der Waals surface area contributed by atoms with E-state index in [1.165, 1.54) is 45.2 Å². The summed E-state index contributed by atoms with van der Waals surface area (Å²) in [5.41, 5.74) is 0.493. The molecule has 0 aromatic rings. The van der Waals surface area contributed by atoms with E-state index in [1.807, 2.05) is 0 Å². The molecular formula is C14H25NOS. The molecule has 1 N–H and O–H groups in total. The van der Waals surface area contributed by atoms with Crippen molar-refractivity contribution in [3.8, 4) is 0 Å². The van der Waals surface area contributed by atoms with Gasteiger partial charge in [0.1, 0.15) is 0 Å². The summed E-state index contributed by atoms with van der Waals surface area (Å²) >= 11 is 4.60. The Kier molecular flexibility index (Phi) is 3.44. The van der Waals surface area contributed by atoms with Crippen LogP contribution in [0.2, 0.25) is 0 Å². The molecule has 98 valence electrons. The van der Waals surface area contributed by atoms with Gasteiger partial charge in [-0.05, 0) is 42.8 Å². The van der Waals surface area contributed by atoms with Crippen molar-refractivity contribution in [3.63, 3.8) is 0 Å². The van der Waals surface area contributed by atoms with E-state index < -0.39 is 0 Å². The summed E-state index contributed by atoms with van der Waals surface area (Å²) < 4.78 is 0.